The summed E-state index contributed by atoms with van der Waals surface area (Å²) in [4.78, 5) is 11.7. The lowest BCUT2D eigenvalue weighted by atomic mass is 10.1. The van der Waals surface area contributed by atoms with Crippen LogP contribution in [0, 0.1) is 6.92 Å². The molecule has 0 bridgehead atoms. The minimum Gasteiger partial charge on any atom is -0.446 e. The van der Waals surface area contributed by atoms with Gasteiger partial charge in [-0.2, -0.15) is 0 Å². The Balaban J connectivity index is 1.88. The van der Waals surface area contributed by atoms with Crippen LogP contribution in [0.2, 0.25) is 5.02 Å². The van der Waals surface area contributed by atoms with E-state index in [1.165, 1.54) is 0 Å². The first kappa shape index (κ1) is 13.2. The van der Waals surface area contributed by atoms with E-state index in [-0.39, 0.29) is 6.10 Å². The zero-order valence-corrected chi connectivity index (χ0v) is 11.1. The van der Waals surface area contributed by atoms with E-state index in [9.17, 15) is 4.79 Å². The van der Waals surface area contributed by atoms with Gasteiger partial charge in [-0.3, -0.25) is 5.32 Å². The Bertz CT molecular complexity index is 431. The maximum atomic E-state index is 11.7. The number of benzene rings is 1. The fraction of sp³-hybridized carbons (Fsp3) is 0.462. The molecule has 1 saturated heterocycles. The minimum atomic E-state index is -0.415. The van der Waals surface area contributed by atoms with Crippen molar-refractivity contribution < 1.29 is 9.53 Å². The average molecular weight is 269 g/mol. The number of ether oxygens (including phenoxy) is 1. The van der Waals surface area contributed by atoms with E-state index < -0.39 is 6.09 Å². The fourth-order valence-electron chi connectivity index (χ4n) is 1.88. The molecule has 1 amide bonds. The third kappa shape index (κ3) is 3.62. The van der Waals surface area contributed by atoms with Crippen molar-refractivity contribution in [3.05, 3.63) is 28.8 Å². The zero-order chi connectivity index (χ0) is 13.0. The van der Waals surface area contributed by atoms with E-state index in [4.69, 9.17) is 16.3 Å². The van der Waals surface area contributed by atoms with Gasteiger partial charge in [0.1, 0.15) is 6.10 Å². The van der Waals surface area contributed by atoms with Gasteiger partial charge in [0.2, 0.25) is 0 Å². The van der Waals surface area contributed by atoms with Crippen LogP contribution >= 0.6 is 11.6 Å². The van der Waals surface area contributed by atoms with E-state index in [2.05, 4.69) is 10.6 Å². The summed E-state index contributed by atoms with van der Waals surface area (Å²) in [5.41, 5.74) is 1.64. The lowest BCUT2D eigenvalue weighted by Crippen LogP contribution is -2.34. The third-order valence-electron chi connectivity index (χ3n) is 2.98. The Morgan fingerprint density at radius 3 is 2.83 bits per heavy atom. The quantitative estimate of drug-likeness (QED) is 0.867. The summed E-state index contributed by atoms with van der Waals surface area (Å²) in [5, 5.41) is 6.55. The molecule has 0 atom stereocenters. The van der Waals surface area contributed by atoms with Crippen molar-refractivity contribution in [2.24, 2.45) is 0 Å². The number of nitrogens with one attached hydrogen (secondary N) is 2. The first-order valence-electron chi connectivity index (χ1n) is 6.09. The van der Waals surface area contributed by atoms with Gasteiger partial charge in [0, 0.05) is 10.7 Å². The molecule has 0 aromatic heterocycles. The summed E-state index contributed by atoms with van der Waals surface area (Å²) >= 11 is 5.99. The van der Waals surface area contributed by atoms with Gasteiger partial charge in [-0.25, -0.2) is 4.79 Å². The van der Waals surface area contributed by atoms with E-state index in [1.54, 1.807) is 6.07 Å². The smallest absolute Gasteiger partial charge is 0.411 e. The lowest BCUT2D eigenvalue weighted by Gasteiger charge is -2.22. The molecule has 1 fully saturated rings. The van der Waals surface area contributed by atoms with Crippen LogP contribution in [0.4, 0.5) is 10.5 Å². The molecule has 0 aliphatic carbocycles. The van der Waals surface area contributed by atoms with Crippen molar-refractivity contribution in [1.29, 1.82) is 0 Å². The molecular weight excluding hydrogens is 252 g/mol. The van der Waals surface area contributed by atoms with Crippen molar-refractivity contribution >= 4 is 23.4 Å². The normalized spacial score (nSPS) is 16.3. The maximum absolute atomic E-state index is 11.7. The summed E-state index contributed by atoms with van der Waals surface area (Å²) in [5.74, 6) is 0. The number of halogens is 1. The zero-order valence-electron chi connectivity index (χ0n) is 10.3. The van der Waals surface area contributed by atoms with E-state index in [1.807, 2.05) is 19.1 Å². The number of rotatable bonds is 2. The van der Waals surface area contributed by atoms with Crippen molar-refractivity contribution in [1.82, 2.24) is 5.32 Å². The second kappa shape index (κ2) is 6.07. The molecule has 0 saturated carbocycles. The van der Waals surface area contributed by atoms with E-state index >= 15 is 0 Å². The highest BCUT2D eigenvalue weighted by Crippen LogP contribution is 2.20. The Morgan fingerprint density at radius 1 is 1.44 bits per heavy atom. The van der Waals surface area contributed by atoms with Gasteiger partial charge in [0.25, 0.3) is 0 Å². The molecule has 1 aliphatic heterocycles. The number of aryl methyl sites for hydroxylation is 1. The topological polar surface area (TPSA) is 50.4 Å². The van der Waals surface area contributed by atoms with Crippen LogP contribution in [0.25, 0.3) is 0 Å². The molecule has 1 aromatic carbocycles. The number of carbonyl (C=O) groups is 1. The van der Waals surface area contributed by atoms with Crippen LogP contribution in [0.5, 0.6) is 0 Å². The summed E-state index contributed by atoms with van der Waals surface area (Å²) in [7, 11) is 0. The van der Waals surface area contributed by atoms with Crippen molar-refractivity contribution in [3.8, 4) is 0 Å². The van der Waals surface area contributed by atoms with Crippen molar-refractivity contribution in [3.63, 3.8) is 0 Å². The van der Waals surface area contributed by atoms with E-state index in [0.717, 1.165) is 31.5 Å². The van der Waals surface area contributed by atoms with Crippen LogP contribution in [0.1, 0.15) is 18.4 Å². The second-order valence-electron chi connectivity index (χ2n) is 4.44. The van der Waals surface area contributed by atoms with Crippen LogP contribution < -0.4 is 10.6 Å². The molecule has 5 heteroatoms. The molecule has 98 valence electrons. The summed E-state index contributed by atoms with van der Waals surface area (Å²) in [6.45, 7) is 3.71. The monoisotopic (exact) mass is 268 g/mol. The van der Waals surface area contributed by atoms with Crippen molar-refractivity contribution in [2.45, 2.75) is 25.9 Å². The Labute approximate surface area is 112 Å². The van der Waals surface area contributed by atoms with Gasteiger partial charge < -0.3 is 10.1 Å². The van der Waals surface area contributed by atoms with Crippen LogP contribution in [-0.4, -0.2) is 25.3 Å². The number of hydrogen-bond donors (Lipinski definition) is 2. The standard InChI is InChI=1S/C13H17ClN2O2/c1-9-2-3-10(8-12(9)14)16-13(17)18-11-4-6-15-7-5-11/h2-3,8,11,15H,4-7H2,1H3,(H,16,17). The van der Waals surface area contributed by atoms with Gasteiger partial charge in [0.05, 0.1) is 0 Å². The first-order chi connectivity index (χ1) is 8.65. The average Bonchev–Trinajstić information content (AvgIpc) is 2.35. The van der Waals surface area contributed by atoms with Crippen LogP contribution in [0.15, 0.2) is 18.2 Å². The van der Waals surface area contributed by atoms with Crippen LogP contribution in [-0.2, 0) is 4.74 Å². The van der Waals surface area contributed by atoms with E-state index in [0.29, 0.717) is 10.7 Å². The number of hydrogen-bond acceptors (Lipinski definition) is 3. The molecule has 1 heterocycles. The highest BCUT2D eigenvalue weighted by molar-refractivity contribution is 6.31. The fourth-order valence-corrected chi connectivity index (χ4v) is 2.06. The van der Waals surface area contributed by atoms with Gasteiger partial charge in [-0.1, -0.05) is 17.7 Å². The van der Waals surface area contributed by atoms with Gasteiger partial charge in [-0.05, 0) is 50.6 Å². The molecule has 4 nitrogen and oxygen atoms in total. The van der Waals surface area contributed by atoms with Crippen molar-refractivity contribution in [2.75, 3.05) is 18.4 Å². The predicted octanol–water partition coefficient (Wildman–Crippen LogP) is 2.95. The molecule has 2 rings (SSSR count). The number of piperidine rings is 1. The number of anilines is 1. The highest BCUT2D eigenvalue weighted by Gasteiger charge is 2.17. The minimum absolute atomic E-state index is 0.00664. The molecule has 1 aromatic rings. The van der Waals surface area contributed by atoms with Gasteiger partial charge in [-0.15, -0.1) is 0 Å². The summed E-state index contributed by atoms with van der Waals surface area (Å²) in [6, 6.07) is 5.40. The molecule has 1 aliphatic rings. The van der Waals surface area contributed by atoms with Gasteiger partial charge >= 0.3 is 6.09 Å². The number of carbonyl (C=O) groups excluding carboxylic acids is 1. The maximum Gasteiger partial charge on any atom is 0.411 e. The lowest BCUT2D eigenvalue weighted by molar-refractivity contribution is 0.0909. The molecule has 0 radical (unpaired) electrons. The molecule has 2 N–H and O–H groups in total. The third-order valence-corrected chi connectivity index (χ3v) is 3.39. The number of amides is 1. The largest absolute Gasteiger partial charge is 0.446 e. The Kier molecular flexibility index (Phi) is 4.44. The molecular formula is C13H17ClN2O2. The SMILES string of the molecule is Cc1ccc(NC(=O)OC2CCNCC2)cc1Cl. The molecule has 0 spiro atoms. The summed E-state index contributed by atoms with van der Waals surface area (Å²) in [6.07, 6.45) is 1.32. The Hall–Kier alpha value is -1.26. The first-order valence-corrected chi connectivity index (χ1v) is 6.47. The highest BCUT2D eigenvalue weighted by atomic mass is 35.5. The summed E-state index contributed by atoms with van der Waals surface area (Å²) < 4.78 is 5.33. The second-order valence-corrected chi connectivity index (χ2v) is 4.85. The molecule has 0 unspecified atom stereocenters. The van der Waals surface area contributed by atoms with Crippen LogP contribution in [0.3, 0.4) is 0 Å². The molecule has 18 heavy (non-hydrogen) atoms. The Morgan fingerprint density at radius 2 is 2.17 bits per heavy atom. The predicted molar refractivity (Wildman–Crippen MR) is 72.2 cm³/mol. The van der Waals surface area contributed by atoms with Gasteiger partial charge in [0.15, 0.2) is 0 Å².